The highest BCUT2D eigenvalue weighted by molar-refractivity contribution is 5.42. The fourth-order valence-corrected chi connectivity index (χ4v) is 3.83. The van der Waals surface area contributed by atoms with Crippen LogP contribution in [0.1, 0.15) is 34.2 Å². The molecule has 1 heterocycles. The maximum atomic E-state index is 2.62. The Morgan fingerprint density at radius 3 is 2.33 bits per heavy atom. The third kappa shape index (κ3) is 2.75. The lowest BCUT2D eigenvalue weighted by molar-refractivity contribution is 0.257. The number of benzene rings is 2. The first-order chi connectivity index (χ1) is 10.4. The Labute approximate surface area is 127 Å². The Balaban J connectivity index is 1.44. The van der Waals surface area contributed by atoms with Crippen LogP contribution in [0.5, 0.6) is 0 Å². The monoisotopic (exact) mass is 277 g/mol. The summed E-state index contributed by atoms with van der Waals surface area (Å²) >= 11 is 0. The molecule has 1 heteroatoms. The van der Waals surface area contributed by atoms with Crippen LogP contribution in [0.25, 0.3) is 0 Å². The van der Waals surface area contributed by atoms with E-state index >= 15 is 0 Å². The zero-order valence-electron chi connectivity index (χ0n) is 12.6. The van der Waals surface area contributed by atoms with Gasteiger partial charge in [-0.3, -0.25) is 4.90 Å². The van der Waals surface area contributed by atoms with Crippen LogP contribution in [0.15, 0.2) is 42.5 Å². The lowest BCUT2D eigenvalue weighted by Crippen LogP contribution is -2.32. The second kappa shape index (κ2) is 5.65. The molecule has 4 rings (SSSR count). The van der Waals surface area contributed by atoms with Gasteiger partial charge in [-0.25, -0.2) is 0 Å². The van der Waals surface area contributed by atoms with E-state index in [1.807, 2.05) is 0 Å². The number of rotatable bonds is 3. The Hall–Kier alpha value is -1.60. The van der Waals surface area contributed by atoms with Crippen molar-refractivity contribution >= 4 is 0 Å². The maximum absolute atomic E-state index is 2.62. The second-order valence-corrected chi connectivity index (χ2v) is 6.50. The lowest BCUT2D eigenvalue weighted by atomic mass is 9.94. The van der Waals surface area contributed by atoms with Gasteiger partial charge in [-0.05, 0) is 59.9 Å². The SMILES string of the molecule is c1ccc(CCN2CCc3cc4c(cc3C2)CCC4)cc1. The Morgan fingerprint density at radius 2 is 1.52 bits per heavy atom. The number of nitrogens with zero attached hydrogens (tertiary/aromatic N) is 1. The van der Waals surface area contributed by atoms with Crippen LogP contribution in [0, 0.1) is 0 Å². The van der Waals surface area contributed by atoms with Gasteiger partial charge in [0.05, 0.1) is 0 Å². The molecule has 0 radical (unpaired) electrons. The van der Waals surface area contributed by atoms with Crippen molar-refractivity contribution in [3.8, 4) is 0 Å². The molecular weight excluding hydrogens is 254 g/mol. The van der Waals surface area contributed by atoms with E-state index in [2.05, 4.69) is 47.4 Å². The fraction of sp³-hybridized carbons (Fsp3) is 0.400. The molecule has 0 unspecified atom stereocenters. The van der Waals surface area contributed by atoms with Gasteiger partial charge >= 0.3 is 0 Å². The molecule has 0 atom stereocenters. The zero-order chi connectivity index (χ0) is 14.1. The molecule has 0 spiro atoms. The highest BCUT2D eigenvalue weighted by Gasteiger charge is 2.20. The molecule has 0 bridgehead atoms. The minimum absolute atomic E-state index is 1.15. The summed E-state index contributed by atoms with van der Waals surface area (Å²) in [5.74, 6) is 0. The number of hydrogen-bond acceptors (Lipinski definition) is 1. The van der Waals surface area contributed by atoms with E-state index in [1.54, 1.807) is 22.3 Å². The molecule has 0 aromatic heterocycles. The van der Waals surface area contributed by atoms with E-state index in [-0.39, 0.29) is 0 Å². The zero-order valence-corrected chi connectivity index (χ0v) is 12.6. The van der Waals surface area contributed by atoms with Crippen molar-refractivity contribution in [1.29, 1.82) is 0 Å². The van der Waals surface area contributed by atoms with Crippen molar-refractivity contribution in [1.82, 2.24) is 4.90 Å². The van der Waals surface area contributed by atoms with Crippen LogP contribution in [0.3, 0.4) is 0 Å². The summed E-state index contributed by atoms with van der Waals surface area (Å²) in [5, 5.41) is 0. The molecule has 0 fully saturated rings. The first kappa shape index (κ1) is 13.1. The first-order valence-electron chi connectivity index (χ1n) is 8.28. The molecule has 2 aromatic carbocycles. The van der Waals surface area contributed by atoms with E-state index in [1.165, 1.54) is 50.8 Å². The van der Waals surface area contributed by atoms with Crippen LogP contribution in [0.2, 0.25) is 0 Å². The van der Waals surface area contributed by atoms with E-state index in [0.29, 0.717) is 0 Å². The topological polar surface area (TPSA) is 3.24 Å². The van der Waals surface area contributed by atoms with Crippen molar-refractivity contribution in [3.63, 3.8) is 0 Å². The Kier molecular flexibility index (Phi) is 3.52. The predicted molar refractivity (Wildman–Crippen MR) is 87.6 cm³/mol. The number of fused-ring (bicyclic) bond motifs is 2. The summed E-state index contributed by atoms with van der Waals surface area (Å²) in [6.45, 7) is 3.55. The predicted octanol–water partition coefficient (Wildman–Crippen LogP) is 3.78. The van der Waals surface area contributed by atoms with Crippen LogP contribution in [-0.4, -0.2) is 18.0 Å². The Bertz CT molecular complexity index is 630. The summed E-state index contributed by atoms with van der Waals surface area (Å²) in [6.07, 6.45) is 6.36. The third-order valence-electron chi connectivity index (χ3n) is 5.06. The van der Waals surface area contributed by atoms with E-state index in [9.17, 15) is 0 Å². The standard InChI is InChI=1S/C20H23N/c1-2-5-16(6-3-1)9-11-21-12-10-19-13-17-7-4-8-18(17)14-20(19)15-21/h1-3,5-6,13-14H,4,7-12,15H2. The molecule has 1 aliphatic heterocycles. The van der Waals surface area contributed by atoms with Gasteiger partial charge in [-0.1, -0.05) is 42.5 Å². The van der Waals surface area contributed by atoms with Gasteiger partial charge in [0.25, 0.3) is 0 Å². The van der Waals surface area contributed by atoms with Crippen LogP contribution in [-0.2, 0) is 32.2 Å². The molecule has 0 saturated carbocycles. The normalized spacial score (nSPS) is 17.5. The van der Waals surface area contributed by atoms with E-state index in [4.69, 9.17) is 0 Å². The third-order valence-corrected chi connectivity index (χ3v) is 5.06. The van der Waals surface area contributed by atoms with Gasteiger partial charge in [-0.15, -0.1) is 0 Å². The van der Waals surface area contributed by atoms with Crippen molar-refractivity contribution in [2.75, 3.05) is 13.1 Å². The quantitative estimate of drug-likeness (QED) is 0.825. The molecule has 108 valence electrons. The molecule has 2 aliphatic rings. The molecule has 0 N–H and O–H groups in total. The average Bonchev–Trinajstić information content (AvgIpc) is 2.98. The van der Waals surface area contributed by atoms with Crippen molar-refractivity contribution in [2.45, 2.75) is 38.6 Å². The van der Waals surface area contributed by atoms with E-state index < -0.39 is 0 Å². The average molecular weight is 277 g/mol. The maximum Gasteiger partial charge on any atom is 0.0236 e. The largest absolute Gasteiger partial charge is 0.298 e. The van der Waals surface area contributed by atoms with Gasteiger partial charge < -0.3 is 0 Å². The van der Waals surface area contributed by atoms with E-state index in [0.717, 1.165) is 6.54 Å². The summed E-state index contributed by atoms with van der Waals surface area (Å²) in [5.41, 5.74) is 7.92. The minimum Gasteiger partial charge on any atom is -0.298 e. The van der Waals surface area contributed by atoms with Crippen molar-refractivity contribution < 1.29 is 0 Å². The molecule has 21 heavy (non-hydrogen) atoms. The molecular formula is C20H23N. The van der Waals surface area contributed by atoms with Crippen LogP contribution >= 0.6 is 0 Å². The van der Waals surface area contributed by atoms with Gasteiger partial charge in [0, 0.05) is 19.6 Å². The highest BCUT2D eigenvalue weighted by atomic mass is 15.1. The first-order valence-corrected chi connectivity index (χ1v) is 8.28. The number of aryl methyl sites for hydroxylation is 2. The summed E-state index contributed by atoms with van der Waals surface area (Å²) in [6, 6.07) is 15.9. The molecule has 0 amide bonds. The summed E-state index contributed by atoms with van der Waals surface area (Å²) in [7, 11) is 0. The Morgan fingerprint density at radius 1 is 0.810 bits per heavy atom. The summed E-state index contributed by atoms with van der Waals surface area (Å²) < 4.78 is 0. The molecule has 1 nitrogen and oxygen atoms in total. The van der Waals surface area contributed by atoms with Crippen molar-refractivity contribution in [2.24, 2.45) is 0 Å². The summed E-state index contributed by atoms with van der Waals surface area (Å²) in [4.78, 5) is 2.62. The highest BCUT2D eigenvalue weighted by Crippen LogP contribution is 2.28. The van der Waals surface area contributed by atoms with Gasteiger partial charge in [-0.2, -0.15) is 0 Å². The minimum atomic E-state index is 1.15. The fourth-order valence-electron chi connectivity index (χ4n) is 3.83. The van der Waals surface area contributed by atoms with Gasteiger partial charge in [0.15, 0.2) is 0 Å². The van der Waals surface area contributed by atoms with Crippen molar-refractivity contribution in [3.05, 3.63) is 70.3 Å². The van der Waals surface area contributed by atoms with Crippen LogP contribution < -0.4 is 0 Å². The second-order valence-electron chi connectivity index (χ2n) is 6.50. The lowest BCUT2D eigenvalue weighted by Gasteiger charge is -2.29. The molecule has 1 aliphatic carbocycles. The molecule has 0 saturated heterocycles. The van der Waals surface area contributed by atoms with Crippen LogP contribution in [0.4, 0.5) is 0 Å². The number of hydrogen-bond donors (Lipinski definition) is 0. The smallest absolute Gasteiger partial charge is 0.0236 e. The van der Waals surface area contributed by atoms with Gasteiger partial charge in [0.2, 0.25) is 0 Å². The van der Waals surface area contributed by atoms with Gasteiger partial charge in [0.1, 0.15) is 0 Å². The molecule has 2 aromatic rings.